The first kappa shape index (κ1) is 11.8. The number of nitrogens with one attached hydrogen (secondary N) is 1. The van der Waals surface area contributed by atoms with Crippen LogP contribution >= 0.6 is 0 Å². The zero-order chi connectivity index (χ0) is 11.0. The van der Waals surface area contributed by atoms with E-state index in [1.54, 1.807) is 0 Å². The van der Waals surface area contributed by atoms with E-state index in [0.29, 0.717) is 0 Å². The Hall–Kier alpha value is -0.309. The highest BCUT2D eigenvalue weighted by atomic mass is 28.5. The lowest BCUT2D eigenvalue weighted by molar-refractivity contribution is 0.731. The minimum absolute atomic E-state index is 0.895. The SMILES string of the molecule is C=C[Si]1=N[Si](C)(C=C)N(C)[Si](C)(C)N1. The Balaban J connectivity index is 3.19. The van der Waals surface area contributed by atoms with Crippen LogP contribution in [0.1, 0.15) is 0 Å². The monoisotopic (exact) mass is 241 g/mol. The van der Waals surface area contributed by atoms with Gasteiger partial charge in [-0.15, -0.1) is 13.2 Å². The van der Waals surface area contributed by atoms with E-state index in [0.717, 1.165) is 0 Å². The number of nitrogens with zero attached hydrogens (tertiary/aromatic N) is 2. The van der Waals surface area contributed by atoms with Crippen LogP contribution < -0.4 is 4.65 Å². The van der Waals surface area contributed by atoms with Gasteiger partial charge in [0.1, 0.15) is 0 Å². The van der Waals surface area contributed by atoms with E-state index in [2.05, 4.69) is 54.4 Å². The molecule has 1 heterocycles. The lowest BCUT2D eigenvalue weighted by atomic mass is 11.3. The predicted molar refractivity (Wildman–Crippen MR) is 68.6 cm³/mol. The maximum atomic E-state index is 4.88. The van der Waals surface area contributed by atoms with Crippen LogP contribution in [0.25, 0.3) is 0 Å². The third-order valence-electron chi connectivity index (χ3n) is 2.88. The molecule has 0 aromatic carbocycles. The summed E-state index contributed by atoms with van der Waals surface area (Å²) in [5.74, 6) is 0. The first-order valence-corrected chi connectivity index (χ1v) is 11.7. The predicted octanol–water partition coefficient (Wildman–Crippen LogP) is 1.50. The third-order valence-corrected chi connectivity index (χ3v) is 16.4. The fourth-order valence-electron chi connectivity index (χ4n) is 1.59. The van der Waals surface area contributed by atoms with E-state index in [4.69, 9.17) is 4.30 Å². The largest absolute Gasteiger partial charge is 0.419 e. The van der Waals surface area contributed by atoms with Gasteiger partial charge in [0.15, 0.2) is 0 Å². The Kier molecular flexibility index (Phi) is 3.10. The van der Waals surface area contributed by atoms with E-state index >= 15 is 0 Å². The summed E-state index contributed by atoms with van der Waals surface area (Å²) in [6.45, 7) is 14.7. The molecule has 0 radical (unpaired) electrons. The molecule has 0 aromatic heterocycles. The maximum Gasteiger partial charge on any atom is 0.262 e. The summed E-state index contributed by atoms with van der Waals surface area (Å²) >= 11 is 0. The van der Waals surface area contributed by atoms with Crippen LogP contribution in [0.2, 0.25) is 19.6 Å². The molecule has 1 aliphatic heterocycles. The molecule has 1 unspecified atom stereocenters. The molecule has 3 nitrogen and oxygen atoms in total. The standard InChI is InChI=1S/C8H19N3Si3/c1-7-12-9-13(4,5)11(3)14(6,8-2)10-12/h7-9H,1-2H2,3-6H3. The molecule has 0 bridgehead atoms. The van der Waals surface area contributed by atoms with Gasteiger partial charge in [-0.3, -0.25) is 0 Å². The van der Waals surface area contributed by atoms with Crippen molar-refractivity contribution < 1.29 is 0 Å². The molecule has 0 spiro atoms. The highest BCUT2D eigenvalue weighted by Crippen LogP contribution is 2.21. The van der Waals surface area contributed by atoms with Gasteiger partial charge < -0.3 is 13.2 Å². The van der Waals surface area contributed by atoms with E-state index in [1.165, 1.54) is 0 Å². The highest BCUT2D eigenvalue weighted by Gasteiger charge is 2.44. The second-order valence-corrected chi connectivity index (χ2v) is 14.8. The van der Waals surface area contributed by atoms with E-state index < -0.39 is 25.5 Å². The Morgan fingerprint density at radius 3 is 2.36 bits per heavy atom. The van der Waals surface area contributed by atoms with Crippen LogP contribution in [0.5, 0.6) is 0 Å². The second kappa shape index (κ2) is 3.69. The average Bonchev–Trinajstić information content (AvgIpc) is 2.13. The van der Waals surface area contributed by atoms with Crippen molar-refractivity contribution >= 4 is 25.5 Å². The highest BCUT2D eigenvalue weighted by molar-refractivity contribution is 6.99. The molecule has 1 aliphatic rings. The molecule has 0 aromatic rings. The summed E-state index contributed by atoms with van der Waals surface area (Å²) in [5.41, 5.74) is 4.05. The summed E-state index contributed by atoms with van der Waals surface area (Å²) in [4.78, 5) is 0. The van der Waals surface area contributed by atoms with Crippen molar-refractivity contribution in [3.8, 4) is 0 Å². The summed E-state index contributed by atoms with van der Waals surface area (Å²) in [6, 6.07) is 0. The fraction of sp³-hybridized carbons (Fsp3) is 0.500. The van der Waals surface area contributed by atoms with Crippen LogP contribution in [-0.4, -0.2) is 36.8 Å². The van der Waals surface area contributed by atoms with Crippen molar-refractivity contribution in [3.63, 3.8) is 0 Å². The second-order valence-electron chi connectivity index (χ2n) is 4.24. The third kappa shape index (κ3) is 1.88. The van der Waals surface area contributed by atoms with Crippen LogP contribution in [0.4, 0.5) is 0 Å². The van der Waals surface area contributed by atoms with Crippen LogP contribution in [0, 0.1) is 0 Å². The van der Waals surface area contributed by atoms with E-state index in [1.807, 2.05) is 5.70 Å². The molecule has 1 atom stereocenters. The topological polar surface area (TPSA) is 27.6 Å². The van der Waals surface area contributed by atoms with Crippen LogP contribution in [0.3, 0.4) is 0 Å². The zero-order valence-corrected chi connectivity index (χ0v) is 12.5. The number of rotatable bonds is 2. The minimum atomic E-state index is -1.74. The summed E-state index contributed by atoms with van der Waals surface area (Å²) in [7, 11) is -1.93. The van der Waals surface area contributed by atoms with Crippen molar-refractivity contribution in [2.75, 3.05) is 7.05 Å². The van der Waals surface area contributed by atoms with Gasteiger partial charge in [-0.25, -0.2) is 0 Å². The first-order chi connectivity index (χ1) is 6.35. The number of hydrogen-bond acceptors (Lipinski definition) is 3. The lowest BCUT2D eigenvalue weighted by Crippen LogP contribution is -2.72. The van der Waals surface area contributed by atoms with Crippen molar-refractivity contribution in [2.45, 2.75) is 19.6 Å². The quantitative estimate of drug-likeness (QED) is 0.742. The molecule has 0 fully saturated rings. The molecule has 78 valence electrons. The van der Waals surface area contributed by atoms with Crippen molar-refractivity contribution in [1.82, 2.24) is 8.88 Å². The molecular formula is C8H19N3Si3. The van der Waals surface area contributed by atoms with Gasteiger partial charge in [-0.2, -0.15) is 0 Å². The van der Waals surface area contributed by atoms with Crippen molar-refractivity contribution in [3.05, 3.63) is 24.6 Å². The Labute approximate surface area is 90.3 Å². The minimum Gasteiger partial charge on any atom is -0.419 e. The Bertz CT molecular complexity index is 300. The van der Waals surface area contributed by atoms with Gasteiger partial charge in [0.2, 0.25) is 17.1 Å². The van der Waals surface area contributed by atoms with Gasteiger partial charge in [0.25, 0.3) is 8.40 Å². The van der Waals surface area contributed by atoms with Crippen LogP contribution in [-0.2, 0) is 0 Å². The summed E-state index contributed by atoms with van der Waals surface area (Å²) in [5, 5.41) is 0. The van der Waals surface area contributed by atoms with Gasteiger partial charge in [-0.05, 0) is 32.4 Å². The molecule has 1 N–H and O–H groups in total. The van der Waals surface area contributed by atoms with Crippen molar-refractivity contribution in [2.24, 2.45) is 4.30 Å². The van der Waals surface area contributed by atoms with E-state index in [9.17, 15) is 0 Å². The summed E-state index contributed by atoms with van der Waals surface area (Å²) in [6.07, 6.45) is 0. The van der Waals surface area contributed by atoms with Crippen LogP contribution in [0.15, 0.2) is 28.9 Å². The fourth-order valence-corrected chi connectivity index (χ4v) is 15.2. The molecular weight excluding hydrogens is 222 g/mol. The lowest BCUT2D eigenvalue weighted by Gasteiger charge is -2.46. The Morgan fingerprint density at radius 2 is 1.93 bits per heavy atom. The molecule has 14 heavy (non-hydrogen) atoms. The Morgan fingerprint density at radius 1 is 1.36 bits per heavy atom. The first-order valence-electron chi connectivity index (χ1n) is 4.74. The summed E-state index contributed by atoms with van der Waals surface area (Å²) < 4.78 is 11.0. The molecule has 0 saturated heterocycles. The smallest absolute Gasteiger partial charge is 0.262 e. The maximum absolute atomic E-state index is 4.88. The molecule has 0 saturated carbocycles. The molecule has 0 aliphatic carbocycles. The average molecular weight is 242 g/mol. The zero-order valence-electron chi connectivity index (χ0n) is 9.46. The molecule has 0 amide bonds. The van der Waals surface area contributed by atoms with Gasteiger partial charge >= 0.3 is 0 Å². The molecule has 1 rings (SSSR count). The van der Waals surface area contributed by atoms with E-state index in [-0.39, 0.29) is 0 Å². The van der Waals surface area contributed by atoms with Gasteiger partial charge in [-0.1, -0.05) is 5.70 Å². The van der Waals surface area contributed by atoms with Gasteiger partial charge in [0.05, 0.1) is 0 Å². The molecule has 6 heteroatoms. The normalized spacial score (nSPS) is 31.6. The number of hydrogen-bond donors (Lipinski definition) is 1. The van der Waals surface area contributed by atoms with Gasteiger partial charge in [0, 0.05) is 0 Å². The van der Waals surface area contributed by atoms with Crippen molar-refractivity contribution in [1.29, 1.82) is 0 Å².